The molecule has 0 radical (unpaired) electrons. The zero-order valence-electron chi connectivity index (χ0n) is 12.2. The Morgan fingerprint density at radius 3 is 2.83 bits per heavy atom. The normalized spacial score (nSPS) is 10.5. The molecule has 0 unspecified atom stereocenters. The van der Waals surface area contributed by atoms with Crippen molar-refractivity contribution in [3.05, 3.63) is 54.0 Å². The van der Waals surface area contributed by atoms with E-state index in [-0.39, 0.29) is 5.56 Å². The number of amides is 1. The number of rotatable bonds is 4. The third kappa shape index (κ3) is 2.72. The number of aromatic carboxylic acids is 1. The zero-order chi connectivity index (χ0) is 17.3. The van der Waals surface area contributed by atoms with Crippen molar-refractivity contribution in [3.8, 4) is 11.3 Å². The second-order valence-corrected chi connectivity index (χ2v) is 5.25. The molecule has 3 rings (SSSR count). The maximum atomic E-state index is 11.5. The smallest absolute Gasteiger partial charge is 0.338 e. The average molecular weight is 343 g/mol. The number of carbonyl (C=O) groups is 2. The number of hydrogen-bond acceptors (Lipinski definition) is 4. The van der Waals surface area contributed by atoms with Crippen molar-refractivity contribution >= 4 is 40.2 Å². The number of anilines is 1. The second-order valence-electron chi connectivity index (χ2n) is 4.84. The minimum absolute atomic E-state index is 0.0622. The van der Waals surface area contributed by atoms with Gasteiger partial charge in [0.2, 0.25) is 5.91 Å². The minimum atomic E-state index is -1.09. The molecule has 0 aliphatic carbocycles. The first-order valence-electron chi connectivity index (χ1n) is 6.80. The van der Waals surface area contributed by atoms with Crippen LogP contribution in [0.3, 0.4) is 0 Å². The van der Waals surface area contributed by atoms with Gasteiger partial charge in [0.25, 0.3) is 0 Å². The highest BCUT2D eigenvalue weighted by molar-refractivity contribution is 6.34. The van der Waals surface area contributed by atoms with E-state index in [4.69, 9.17) is 11.6 Å². The SMILES string of the molecule is C=CC(=O)Nc1cc(-c2ncnc3[nH]cc(C(=O)O)c23)ccc1Cl. The number of aromatic amines is 1. The molecule has 0 fully saturated rings. The van der Waals surface area contributed by atoms with E-state index in [9.17, 15) is 14.7 Å². The number of carbonyl (C=O) groups excluding carboxylic acids is 1. The van der Waals surface area contributed by atoms with E-state index in [1.807, 2.05) is 0 Å². The largest absolute Gasteiger partial charge is 0.478 e. The van der Waals surface area contributed by atoms with Gasteiger partial charge in [-0.25, -0.2) is 14.8 Å². The summed E-state index contributed by atoms with van der Waals surface area (Å²) in [6, 6.07) is 4.90. The Morgan fingerprint density at radius 2 is 2.12 bits per heavy atom. The quantitative estimate of drug-likeness (QED) is 0.631. The summed E-state index contributed by atoms with van der Waals surface area (Å²) in [6.45, 7) is 3.39. The van der Waals surface area contributed by atoms with Gasteiger partial charge in [-0.05, 0) is 18.2 Å². The lowest BCUT2D eigenvalue weighted by Crippen LogP contribution is -2.07. The molecular formula is C16H11ClN4O3. The first-order valence-corrected chi connectivity index (χ1v) is 7.17. The van der Waals surface area contributed by atoms with Crippen molar-refractivity contribution in [1.29, 1.82) is 0 Å². The fourth-order valence-corrected chi connectivity index (χ4v) is 2.47. The van der Waals surface area contributed by atoms with Gasteiger partial charge in [-0.15, -0.1) is 0 Å². The summed E-state index contributed by atoms with van der Waals surface area (Å²) in [5.74, 6) is -1.50. The monoisotopic (exact) mass is 342 g/mol. The van der Waals surface area contributed by atoms with Crippen LogP contribution >= 0.6 is 11.6 Å². The highest BCUT2D eigenvalue weighted by Crippen LogP contribution is 2.32. The number of fused-ring (bicyclic) bond motifs is 1. The van der Waals surface area contributed by atoms with E-state index in [2.05, 4.69) is 26.8 Å². The molecule has 0 atom stereocenters. The summed E-state index contributed by atoms with van der Waals surface area (Å²) >= 11 is 6.08. The third-order valence-electron chi connectivity index (χ3n) is 3.38. The molecule has 1 amide bonds. The Balaban J connectivity index is 2.19. The Kier molecular flexibility index (Phi) is 4.01. The number of aromatic nitrogens is 3. The summed E-state index contributed by atoms with van der Waals surface area (Å²) < 4.78 is 0. The molecular weight excluding hydrogens is 332 g/mol. The lowest BCUT2D eigenvalue weighted by Gasteiger charge is -2.09. The van der Waals surface area contributed by atoms with Gasteiger partial charge in [-0.1, -0.05) is 24.2 Å². The lowest BCUT2D eigenvalue weighted by atomic mass is 10.1. The Bertz CT molecular complexity index is 981. The highest BCUT2D eigenvalue weighted by Gasteiger charge is 2.18. The van der Waals surface area contributed by atoms with Crippen LogP contribution in [0.2, 0.25) is 5.02 Å². The zero-order valence-corrected chi connectivity index (χ0v) is 13.0. The number of carboxylic acids is 1. The fraction of sp³-hybridized carbons (Fsp3) is 0. The number of hydrogen-bond donors (Lipinski definition) is 3. The van der Waals surface area contributed by atoms with Crippen LogP contribution in [-0.4, -0.2) is 31.9 Å². The summed E-state index contributed by atoms with van der Waals surface area (Å²) in [5.41, 5.74) is 1.85. The van der Waals surface area contributed by atoms with Crippen LogP contribution in [0, 0.1) is 0 Å². The summed E-state index contributed by atoms with van der Waals surface area (Å²) in [4.78, 5) is 33.9. The molecule has 0 aliphatic rings. The molecule has 0 saturated carbocycles. The van der Waals surface area contributed by atoms with Crippen LogP contribution in [0.1, 0.15) is 10.4 Å². The second kappa shape index (κ2) is 6.13. The minimum Gasteiger partial charge on any atom is -0.478 e. The van der Waals surface area contributed by atoms with Crippen LogP contribution in [0.15, 0.2) is 43.4 Å². The van der Waals surface area contributed by atoms with E-state index in [0.717, 1.165) is 6.08 Å². The number of carboxylic acid groups (broad SMARTS) is 1. The molecule has 3 N–H and O–H groups in total. The standard InChI is InChI=1S/C16H11ClN4O3/c1-2-12(22)21-11-5-8(3-4-10(11)17)14-13-9(16(23)24)6-18-15(13)20-7-19-14/h2-7H,1H2,(H,21,22)(H,23,24)(H,18,19,20). The van der Waals surface area contributed by atoms with Crippen LogP contribution in [0.4, 0.5) is 5.69 Å². The first-order chi connectivity index (χ1) is 11.5. The number of nitrogens with zero attached hydrogens (tertiary/aromatic N) is 2. The molecule has 0 bridgehead atoms. The molecule has 2 heterocycles. The lowest BCUT2D eigenvalue weighted by molar-refractivity contribution is -0.111. The first kappa shape index (κ1) is 15.7. The van der Waals surface area contributed by atoms with E-state index in [1.165, 1.54) is 12.5 Å². The Hall–Kier alpha value is -3.19. The molecule has 3 aromatic rings. The summed E-state index contributed by atoms with van der Waals surface area (Å²) in [6.07, 6.45) is 3.82. The third-order valence-corrected chi connectivity index (χ3v) is 3.71. The predicted molar refractivity (Wildman–Crippen MR) is 90.1 cm³/mol. The number of H-pyrrole nitrogens is 1. The molecule has 0 spiro atoms. The van der Waals surface area contributed by atoms with Crippen LogP contribution in [0.5, 0.6) is 0 Å². The van der Waals surface area contributed by atoms with Crippen molar-refractivity contribution in [1.82, 2.24) is 15.0 Å². The summed E-state index contributed by atoms with van der Waals surface area (Å²) in [5, 5.41) is 12.6. The number of halogens is 1. The fourth-order valence-electron chi connectivity index (χ4n) is 2.30. The van der Waals surface area contributed by atoms with Gasteiger partial charge in [0.05, 0.1) is 27.4 Å². The maximum Gasteiger partial charge on any atom is 0.338 e. The van der Waals surface area contributed by atoms with Crippen LogP contribution < -0.4 is 5.32 Å². The average Bonchev–Trinajstić information content (AvgIpc) is 3.01. The van der Waals surface area contributed by atoms with Crippen molar-refractivity contribution in [2.45, 2.75) is 0 Å². The molecule has 120 valence electrons. The van der Waals surface area contributed by atoms with Crippen molar-refractivity contribution in [2.75, 3.05) is 5.32 Å². The van der Waals surface area contributed by atoms with Gasteiger partial charge in [0.1, 0.15) is 12.0 Å². The predicted octanol–water partition coefficient (Wildman–Crippen LogP) is 3.10. The van der Waals surface area contributed by atoms with E-state index < -0.39 is 11.9 Å². The van der Waals surface area contributed by atoms with Gasteiger partial charge >= 0.3 is 5.97 Å². The van der Waals surface area contributed by atoms with Crippen molar-refractivity contribution in [3.63, 3.8) is 0 Å². The molecule has 7 nitrogen and oxygen atoms in total. The van der Waals surface area contributed by atoms with E-state index in [0.29, 0.717) is 33.0 Å². The molecule has 2 aromatic heterocycles. The van der Waals surface area contributed by atoms with Crippen molar-refractivity contribution in [2.24, 2.45) is 0 Å². The van der Waals surface area contributed by atoms with Crippen LogP contribution in [0.25, 0.3) is 22.3 Å². The van der Waals surface area contributed by atoms with Gasteiger partial charge in [-0.2, -0.15) is 0 Å². The van der Waals surface area contributed by atoms with Crippen LogP contribution in [-0.2, 0) is 4.79 Å². The molecule has 24 heavy (non-hydrogen) atoms. The summed E-state index contributed by atoms with van der Waals surface area (Å²) in [7, 11) is 0. The number of nitrogens with one attached hydrogen (secondary N) is 2. The number of benzene rings is 1. The van der Waals surface area contributed by atoms with Gasteiger partial charge < -0.3 is 15.4 Å². The molecule has 8 heteroatoms. The molecule has 0 aliphatic heterocycles. The maximum absolute atomic E-state index is 11.5. The van der Waals surface area contributed by atoms with Gasteiger partial charge in [0.15, 0.2) is 0 Å². The highest BCUT2D eigenvalue weighted by atomic mass is 35.5. The van der Waals surface area contributed by atoms with Crippen molar-refractivity contribution < 1.29 is 14.7 Å². The Labute approximate surface area is 141 Å². The Morgan fingerprint density at radius 1 is 1.33 bits per heavy atom. The molecule has 1 aromatic carbocycles. The van der Waals surface area contributed by atoms with E-state index in [1.54, 1.807) is 18.2 Å². The van der Waals surface area contributed by atoms with Gasteiger partial charge in [0, 0.05) is 11.8 Å². The topological polar surface area (TPSA) is 108 Å². The molecule has 0 saturated heterocycles. The van der Waals surface area contributed by atoms with Gasteiger partial charge in [-0.3, -0.25) is 4.79 Å². The van der Waals surface area contributed by atoms with E-state index >= 15 is 0 Å².